The zero-order valence-corrected chi connectivity index (χ0v) is 41.0. The van der Waals surface area contributed by atoms with Gasteiger partial charge in [-0.25, -0.2) is 14.4 Å². The van der Waals surface area contributed by atoms with Crippen molar-refractivity contribution >= 4 is 17.9 Å². The van der Waals surface area contributed by atoms with Gasteiger partial charge in [-0.15, -0.1) is 0 Å². The standard InChI is InChI=1S/C61H58O14/c62-57(46-30-16-5-17-31-46)73-52-50(71-60(65)55(75-59(64)48-34-20-7-21-35-48)54(52)74-58(63)47-32-18-6-19-33-47)41-70-61-56(69-39-45-28-14-4-15-29-45)53(68-38-44-26-12-3-13-27-44)51(67-37-43-24-10-2-11-25-43)49(72-61)40-66-36-42-22-8-1-9-23-42/h1-35,49-56,60-61,65H,36-41H2/t49-,50-,51-,52-,53+,54+,55-,56-,60+,61?/m1/s1. The molecule has 0 saturated carbocycles. The van der Waals surface area contributed by atoms with Crippen molar-refractivity contribution in [2.75, 3.05) is 13.2 Å². The average molecular weight is 1020 g/mol. The molecule has 14 heteroatoms. The van der Waals surface area contributed by atoms with Crippen molar-refractivity contribution in [3.63, 3.8) is 0 Å². The van der Waals surface area contributed by atoms with Crippen molar-refractivity contribution in [3.8, 4) is 0 Å². The molecule has 0 aliphatic carbocycles. The van der Waals surface area contributed by atoms with Crippen molar-refractivity contribution in [2.45, 2.75) is 87.8 Å². The van der Waals surface area contributed by atoms with Crippen LogP contribution < -0.4 is 0 Å². The Labute approximate surface area is 435 Å². The van der Waals surface area contributed by atoms with Crippen molar-refractivity contribution in [1.29, 1.82) is 0 Å². The van der Waals surface area contributed by atoms with E-state index in [4.69, 9.17) is 47.4 Å². The van der Waals surface area contributed by atoms with Crippen molar-refractivity contribution in [1.82, 2.24) is 0 Å². The van der Waals surface area contributed by atoms with E-state index in [-0.39, 0.29) is 49.7 Å². The van der Waals surface area contributed by atoms with Crippen LogP contribution in [-0.4, -0.2) is 97.6 Å². The topological polar surface area (TPSA) is 164 Å². The van der Waals surface area contributed by atoms with E-state index in [1.807, 2.05) is 121 Å². The molecule has 0 amide bonds. The Balaban J connectivity index is 1.07. The molecule has 0 aromatic heterocycles. The molecule has 386 valence electrons. The molecule has 2 fully saturated rings. The summed E-state index contributed by atoms with van der Waals surface area (Å²) in [5.41, 5.74) is 4.08. The molecular formula is C61H58O14. The van der Waals surface area contributed by atoms with Crippen LogP contribution in [0.25, 0.3) is 0 Å². The number of hydrogen-bond donors (Lipinski definition) is 1. The normalized spacial score (nSPS) is 23.4. The number of rotatable bonds is 22. The van der Waals surface area contributed by atoms with E-state index in [1.165, 1.54) is 24.3 Å². The first-order valence-corrected chi connectivity index (χ1v) is 24.8. The molecule has 10 atom stereocenters. The van der Waals surface area contributed by atoms with E-state index in [1.54, 1.807) is 66.7 Å². The summed E-state index contributed by atoms with van der Waals surface area (Å²) in [4.78, 5) is 41.9. The zero-order chi connectivity index (χ0) is 51.6. The molecule has 1 unspecified atom stereocenters. The van der Waals surface area contributed by atoms with E-state index in [0.717, 1.165) is 22.3 Å². The molecule has 0 bridgehead atoms. The van der Waals surface area contributed by atoms with E-state index < -0.39 is 85.9 Å². The summed E-state index contributed by atoms with van der Waals surface area (Å²) in [6.07, 6.45) is -13.0. The van der Waals surface area contributed by atoms with Crippen LogP contribution in [0.3, 0.4) is 0 Å². The summed E-state index contributed by atoms with van der Waals surface area (Å²) in [7, 11) is 0. The molecule has 2 aliphatic heterocycles. The molecule has 7 aromatic rings. The second-order valence-electron chi connectivity index (χ2n) is 17.9. The third-order valence-corrected chi connectivity index (χ3v) is 12.6. The van der Waals surface area contributed by atoms with E-state index >= 15 is 0 Å². The Morgan fingerprint density at radius 1 is 0.347 bits per heavy atom. The van der Waals surface area contributed by atoms with Crippen LogP contribution in [0.4, 0.5) is 0 Å². The van der Waals surface area contributed by atoms with Gasteiger partial charge >= 0.3 is 17.9 Å². The first-order chi connectivity index (χ1) is 36.9. The van der Waals surface area contributed by atoms with Gasteiger partial charge in [0, 0.05) is 0 Å². The van der Waals surface area contributed by atoms with Crippen LogP contribution in [0.15, 0.2) is 212 Å². The van der Waals surface area contributed by atoms with Crippen LogP contribution in [-0.2, 0) is 73.8 Å². The molecule has 2 heterocycles. The van der Waals surface area contributed by atoms with Crippen LogP contribution in [0.2, 0.25) is 0 Å². The fraction of sp³-hybridized carbons (Fsp3) is 0.262. The van der Waals surface area contributed by atoms with Gasteiger partial charge in [-0.3, -0.25) is 0 Å². The molecule has 2 aliphatic rings. The van der Waals surface area contributed by atoms with Crippen LogP contribution >= 0.6 is 0 Å². The highest BCUT2D eigenvalue weighted by Gasteiger charge is 2.54. The molecule has 7 aromatic carbocycles. The van der Waals surface area contributed by atoms with Gasteiger partial charge in [-0.2, -0.15) is 0 Å². The molecular weight excluding hydrogens is 957 g/mol. The van der Waals surface area contributed by atoms with Crippen molar-refractivity contribution in [2.24, 2.45) is 0 Å². The lowest BCUT2D eigenvalue weighted by Gasteiger charge is -2.47. The summed E-state index contributed by atoms with van der Waals surface area (Å²) >= 11 is 0. The first-order valence-electron chi connectivity index (χ1n) is 24.8. The quantitative estimate of drug-likeness (QED) is 0.0505. The summed E-state index contributed by atoms with van der Waals surface area (Å²) < 4.78 is 65.2. The second-order valence-corrected chi connectivity index (χ2v) is 17.9. The van der Waals surface area contributed by atoms with Gasteiger partial charge in [0.05, 0.1) is 56.3 Å². The van der Waals surface area contributed by atoms with Crippen LogP contribution in [0.5, 0.6) is 0 Å². The lowest BCUT2D eigenvalue weighted by Crippen LogP contribution is -2.64. The summed E-state index contributed by atoms with van der Waals surface area (Å²) in [5.74, 6) is -2.52. The highest BCUT2D eigenvalue weighted by molar-refractivity contribution is 5.91. The van der Waals surface area contributed by atoms with Gasteiger partial charge in [0.15, 0.2) is 30.9 Å². The maximum atomic E-state index is 14.1. The number of aliphatic hydroxyl groups excluding tert-OH is 1. The van der Waals surface area contributed by atoms with Crippen molar-refractivity contribution < 1.29 is 66.9 Å². The highest BCUT2D eigenvalue weighted by atomic mass is 16.7. The maximum absolute atomic E-state index is 14.1. The smallest absolute Gasteiger partial charge is 0.338 e. The third-order valence-electron chi connectivity index (χ3n) is 12.6. The largest absolute Gasteiger partial charge is 0.452 e. The zero-order valence-electron chi connectivity index (χ0n) is 41.0. The average Bonchev–Trinajstić information content (AvgIpc) is 3.46. The Hall–Kier alpha value is -7.37. The maximum Gasteiger partial charge on any atom is 0.338 e. The monoisotopic (exact) mass is 1010 g/mol. The minimum atomic E-state index is -1.93. The van der Waals surface area contributed by atoms with Crippen molar-refractivity contribution in [3.05, 3.63) is 251 Å². The lowest BCUT2D eigenvalue weighted by atomic mass is 9.96. The Kier molecular flexibility index (Phi) is 18.7. The van der Waals surface area contributed by atoms with Crippen LogP contribution in [0, 0.1) is 0 Å². The molecule has 1 N–H and O–H groups in total. The molecule has 14 nitrogen and oxygen atoms in total. The fourth-order valence-corrected chi connectivity index (χ4v) is 8.80. The third kappa shape index (κ3) is 14.5. The summed E-state index contributed by atoms with van der Waals surface area (Å²) in [6.45, 7) is 0.321. The Morgan fingerprint density at radius 2 is 0.693 bits per heavy atom. The highest BCUT2D eigenvalue weighted by Crippen LogP contribution is 2.35. The predicted octanol–water partition coefficient (Wildman–Crippen LogP) is 9.09. The first kappa shape index (κ1) is 52.5. The van der Waals surface area contributed by atoms with E-state index in [2.05, 4.69) is 0 Å². The van der Waals surface area contributed by atoms with Gasteiger partial charge < -0.3 is 52.5 Å². The minimum absolute atomic E-state index is 0.0345. The second kappa shape index (κ2) is 26.7. The van der Waals surface area contributed by atoms with Gasteiger partial charge in [-0.05, 0) is 58.7 Å². The van der Waals surface area contributed by atoms with E-state index in [9.17, 15) is 19.5 Å². The number of ether oxygens (including phenoxy) is 10. The fourth-order valence-electron chi connectivity index (χ4n) is 8.80. The summed E-state index contributed by atoms with van der Waals surface area (Å²) in [6, 6.07) is 63.2. The molecule has 2 saturated heterocycles. The van der Waals surface area contributed by atoms with Gasteiger partial charge in [-0.1, -0.05) is 176 Å². The SMILES string of the molecule is O=C(O[C@@H]1[C@@H](OC(=O)c2ccccc2)[C@@H](O)O[C@H](COC2O[C@H](COCc3ccccc3)[C@@H](OCc3ccccc3)[C@H](OCc3ccccc3)[C@H]2OCc2ccccc2)[C@H]1OC(=O)c1ccccc1)c1ccccc1. The number of benzene rings is 7. The number of esters is 3. The Morgan fingerprint density at radius 3 is 1.13 bits per heavy atom. The number of carbonyl (C=O) groups is 3. The molecule has 0 radical (unpaired) electrons. The molecule has 75 heavy (non-hydrogen) atoms. The number of carbonyl (C=O) groups excluding carboxylic acids is 3. The lowest BCUT2D eigenvalue weighted by molar-refractivity contribution is -0.342. The predicted molar refractivity (Wildman–Crippen MR) is 274 cm³/mol. The minimum Gasteiger partial charge on any atom is -0.452 e. The van der Waals surface area contributed by atoms with E-state index in [0.29, 0.717) is 0 Å². The molecule has 9 rings (SSSR count). The van der Waals surface area contributed by atoms with Gasteiger partial charge in [0.25, 0.3) is 0 Å². The van der Waals surface area contributed by atoms with Crippen LogP contribution in [0.1, 0.15) is 53.3 Å². The van der Waals surface area contributed by atoms with Gasteiger partial charge in [0.2, 0.25) is 0 Å². The molecule has 0 spiro atoms. The number of aliphatic hydroxyl groups is 1. The summed E-state index contributed by atoms with van der Waals surface area (Å²) in [5, 5.41) is 11.9. The Bertz CT molecular complexity index is 2810. The number of hydrogen-bond acceptors (Lipinski definition) is 14. The van der Waals surface area contributed by atoms with Gasteiger partial charge in [0.1, 0.15) is 30.5 Å².